The lowest BCUT2D eigenvalue weighted by Gasteiger charge is -2.29. The van der Waals surface area contributed by atoms with Crippen molar-refractivity contribution in [1.29, 1.82) is 0 Å². The Morgan fingerprint density at radius 2 is 1.92 bits per heavy atom. The molecule has 0 spiro atoms. The van der Waals surface area contributed by atoms with Gasteiger partial charge in [-0.05, 0) is 74.0 Å². The van der Waals surface area contributed by atoms with Crippen LogP contribution in [-0.4, -0.2) is 66.5 Å². The van der Waals surface area contributed by atoms with E-state index in [9.17, 15) is 19.2 Å². The topological polar surface area (TPSA) is 98.8 Å². The average molecular weight is 517 g/mol. The highest BCUT2D eigenvalue weighted by atomic mass is 16.2. The van der Waals surface area contributed by atoms with E-state index in [1.807, 2.05) is 37.4 Å². The Labute approximate surface area is 223 Å². The number of nitrogens with zero attached hydrogens (tertiary/aromatic N) is 2. The summed E-state index contributed by atoms with van der Waals surface area (Å²) in [5, 5.41) is 5.60. The van der Waals surface area contributed by atoms with Crippen molar-refractivity contribution in [2.24, 2.45) is 0 Å². The number of carbonyl (C=O) groups is 4. The van der Waals surface area contributed by atoms with E-state index in [0.29, 0.717) is 18.5 Å². The van der Waals surface area contributed by atoms with E-state index in [1.54, 1.807) is 4.90 Å². The number of carbonyl (C=O) groups excluding carboxylic acids is 4. The number of nitrogens with one attached hydrogen (secondary N) is 2. The molecule has 2 atom stereocenters. The number of unbranched alkanes of at least 4 members (excludes halogenated alkanes) is 2. The van der Waals surface area contributed by atoms with Crippen molar-refractivity contribution in [2.75, 3.05) is 32.0 Å². The molecule has 0 radical (unpaired) electrons. The van der Waals surface area contributed by atoms with Gasteiger partial charge in [0.25, 0.3) is 5.91 Å². The van der Waals surface area contributed by atoms with Gasteiger partial charge in [0.1, 0.15) is 12.3 Å². The number of aryl methyl sites for hydroxylation is 1. The first-order valence-corrected chi connectivity index (χ1v) is 13.7. The zero-order valence-corrected chi connectivity index (χ0v) is 22.0. The van der Waals surface area contributed by atoms with Crippen LogP contribution >= 0.6 is 0 Å². The molecule has 2 aromatic rings. The van der Waals surface area contributed by atoms with Gasteiger partial charge in [-0.15, -0.1) is 0 Å². The monoisotopic (exact) mass is 516 g/mol. The van der Waals surface area contributed by atoms with Gasteiger partial charge in [-0.1, -0.05) is 36.8 Å². The standard InChI is InChI=1S/C30H36N4O4/c1-31-25-12-5-4-11-24(25)30(20-35)15-17-33(19-30)16-6-2-3-8-21-9-7-10-22-23(21)18-34(29(22)38)26-13-14-27(36)32-28(26)37/h4-5,7,9-12,20,26,31H,2-3,6,8,13-19H2,1H3,(H,32,36,37). The molecule has 2 saturated heterocycles. The highest BCUT2D eigenvalue weighted by Gasteiger charge is 2.41. The summed E-state index contributed by atoms with van der Waals surface area (Å²) < 4.78 is 0. The Morgan fingerprint density at radius 3 is 2.71 bits per heavy atom. The highest BCUT2D eigenvalue weighted by Crippen LogP contribution is 2.37. The van der Waals surface area contributed by atoms with Crippen LogP contribution in [-0.2, 0) is 32.8 Å². The SMILES string of the molecule is CNc1ccccc1C1(C=O)CCN(CCCCCc2cccc3c2CN(C2CCC(=O)NC2=O)C3=O)C1. The molecular formula is C30H36N4O4. The number of para-hydroxylation sites is 1. The molecule has 8 heteroatoms. The molecule has 2 aromatic carbocycles. The van der Waals surface area contributed by atoms with Gasteiger partial charge < -0.3 is 19.9 Å². The van der Waals surface area contributed by atoms with Crippen LogP contribution in [0.4, 0.5) is 5.69 Å². The quantitative estimate of drug-likeness (QED) is 0.286. The van der Waals surface area contributed by atoms with E-state index in [0.717, 1.165) is 80.4 Å². The molecule has 3 amide bonds. The van der Waals surface area contributed by atoms with Crippen molar-refractivity contribution in [3.05, 3.63) is 64.7 Å². The average Bonchev–Trinajstić information content (AvgIpc) is 3.51. The lowest BCUT2D eigenvalue weighted by atomic mass is 9.80. The van der Waals surface area contributed by atoms with Gasteiger partial charge in [0.2, 0.25) is 11.8 Å². The van der Waals surface area contributed by atoms with E-state index in [4.69, 9.17) is 0 Å². The third kappa shape index (κ3) is 4.97. The number of piperidine rings is 1. The number of rotatable bonds is 10. The molecule has 2 fully saturated rings. The number of hydrogen-bond acceptors (Lipinski definition) is 6. The van der Waals surface area contributed by atoms with Crippen LogP contribution < -0.4 is 10.6 Å². The van der Waals surface area contributed by atoms with Crippen LogP contribution in [0, 0.1) is 0 Å². The number of benzene rings is 2. The van der Waals surface area contributed by atoms with Gasteiger partial charge in [-0.25, -0.2) is 0 Å². The fraction of sp³-hybridized carbons (Fsp3) is 0.467. The maximum atomic E-state index is 13.0. The molecule has 3 aliphatic heterocycles. The maximum Gasteiger partial charge on any atom is 0.255 e. The minimum absolute atomic E-state index is 0.121. The number of likely N-dealkylation sites (tertiary alicyclic amines) is 1. The zero-order valence-electron chi connectivity index (χ0n) is 22.0. The number of hydrogen-bond donors (Lipinski definition) is 2. The number of fused-ring (bicyclic) bond motifs is 1. The van der Waals surface area contributed by atoms with Crippen LogP contribution in [0.25, 0.3) is 0 Å². The summed E-state index contributed by atoms with van der Waals surface area (Å²) in [7, 11) is 1.90. The van der Waals surface area contributed by atoms with Crippen LogP contribution in [0.2, 0.25) is 0 Å². The van der Waals surface area contributed by atoms with Crippen molar-refractivity contribution in [3.63, 3.8) is 0 Å². The number of imide groups is 1. The highest BCUT2D eigenvalue weighted by molar-refractivity contribution is 6.05. The summed E-state index contributed by atoms with van der Waals surface area (Å²) in [6.07, 6.45) is 6.62. The Morgan fingerprint density at radius 1 is 1.08 bits per heavy atom. The largest absolute Gasteiger partial charge is 0.388 e. The predicted molar refractivity (Wildman–Crippen MR) is 145 cm³/mol. The second-order valence-corrected chi connectivity index (χ2v) is 10.7. The van der Waals surface area contributed by atoms with Crippen LogP contribution in [0.3, 0.4) is 0 Å². The van der Waals surface area contributed by atoms with Gasteiger partial charge in [-0.3, -0.25) is 19.7 Å². The molecular weight excluding hydrogens is 480 g/mol. The number of anilines is 1. The third-order valence-electron chi connectivity index (χ3n) is 8.44. The van der Waals surface area contributed by atoms with Gasteiger partial charge >= 0.3 is 0 Å². The van der Waals surface area contributed by atoms with E-state index in [1.165, 1.54) is 0 Å². The molecule has 2 N–H and O–H groups in total. The predicted octanol–water partition coefficient (Wildman–Crippen LogP) is 3.04. The fourth-order valence-electron chi connectivity index (χ4n) is 6.33. The Hall–Kier alpha value is -3.52. The molecule has 0 aliphatic carbocycles. The molecule has 0 saturated carbocycles. The zero-order chi connectivity index (χ0) is 26.7. The van der Waals surface area contributed by atoms with Crippen LogP contribution in [0.1, 0.15) is 65.6 Å². The normalized spacial score (nSPS) is 23.4. The van der Waals surface area contributed by atoms with Crippen molar-refractivity contribution in [2.45, 2.75) is 62.9 Å². The lowest BCUT2D eigenvalue weighted by molar-refractivity contribution is -0.136. The second-order valence-electron chi connectivity index (χ2n) is 10.7. The van der Waals surface area contributed by atoms with Gasteiger partial charge in [0.05, 0.1) is 5.41 Å². The van der Waals surface area contributed by atoms with Gasteiger partial charge in [0, 0.05) is 37.8 Å². The molecule has 200 valence electrons. The minimum Gasteiger partial charge on any atom is -0.388 e. The van der Waals surface area contributed by atoms with Crippen LogP contribution in [0.5, 0.6) is 0 Å². The van der Waals surface area contributed by atoms with E-state index in [2.05, 4.69) is 27.7 Å². The molecule has 3 aliphatic rings. The van der Waals surface area contributed by atoms with E-state index in [-0.39, 0.29) is 24.1 Å². The molecule has 0 aromatic heterocycles. The number of amides is 3. The summed E-state index contributed by atoms with van der Waals surface area (Å²) in [5.74, 6) is -0.771. The molecule has 8 nitrogen and oxygen atoms in total. The van der Waals surface area contributed by atoms with Crippen LogP contribution in [0.15, 0.2) is 42.5 Å². The summed E-state index contributed by atoms with van der Waals surface area (Å²) in [6, 6.07) is 13.3. The summed E-state index contributed by atoms with van der Waals surface area (Å²) in [4.78, 5) is 53.2. The maximum absolute atomic E-state index is 13.0. The first-order chi connectivity index (χ1) is 18.5. The van der Waals surface area contributed by atoms with E-state index < -0.39 is 11.5 Å². The smallest absolute Gasteiger partial charge is 0.255 e. The van der Waals surface area contributed by atoms with Gasteiger partial charge in [-0.2, -0.15) is 0 Å². The molecule has 2 unspecified atom stereocenters. The van der Waals surface area contributed by atoms with Crippen molar-refractivity contribution in [1.82, 2.24) is 15.1 Å². The van der Waals surface area contributed by atoms with Gasteiger partial charge in [0.15, 0.2) is 0 Å². The Bertz CT molecular complexity index is 1240. The molecule has 0 bridgehead atoms. The summed E-state index contributed by atoms with van der Waals surface area (Å²) in [6.45, 7) is 3.05. The fourth-order valence-corrected chi connectivity index (χ4v) is 6.33. The van der Waals surface area contributed by atoms with Crippen molar-refractivity contribution in [3.8, 4) is 0 Å². The second kappa shape index (κ2) is 11.1. The lowest BCUT2D eigenvalue weighted by Crippen LogP contribution is -2.52. The molecule has 5 rings (SSSR count). The van der Waals surface area contributed by atoms with E-state index >= 15 is 0 Å². The Kier molecular flexibility index (Phi) is 7.61. The molecule has 3 heterocycles. The Balaban J connectivity index is 1.13. The van der Waals surface area contributed by atoms with Crippen molar-refractivity contribution >= 4 is 29.7 Å². The first-order valence-electron chi connectivity index (χ1n) is 13.7. The number of aldehydes is 1. The minimum atomic E-state index is -0.584. The summed E-state index contributed by atoms with van der Waals surface area (Å²) in [5.41, 5.74) is 4.50. The van der Waals surface area contributed by atoms with Crippen molar-refractivity contribution < 1.29 is 19.2 Å². The third-order valence-corrected chi connectivity index (χ3v) is 8.44. The molecule has 38 heavy (non-hydrogen) atoms. The first kappa shape index (κ1) is 26.1. The summed E-state index contributed by atoms with van der Waals surface area (Å²) >= 11 is 0.